The number of carbonyl (C=O) groups excluding carboxylic acids is 3. The van der Waals surface area contributed by atoms with Gasteiger partial charge in [-0.25, -0.2) is 4.79 Å². The molecule has 182 valence electrons. The van der Waals surface area contributed by atoms with Crippen molar-refractivity contribution in [1.29, 1.82) is 0 Å². The van der Waals surface area contributed by atoms with Crippen LogP contribution in [0.25, 0.3) is 0 Å². The number of anilines is 1. The van der Waals surface area contributed by atoms with Crippen molar-refractivity contribution in [3.05, 3.63) is 51.7 Å². The average molecular weight is 487 g/mol. The van der Waals surface area contributed by atoms with Crippen LogP contribution in [0.5, 0.6) is 0 Å². The molecule has 2 aliphatic rings. The third-order valence-corrected chi connectivity index (χ3v) is 8.03. The number of hydrogen-bond donors (Lipinski definition) is 2. The lowest BCUT2D eigenvalue weighted by atomic mass is 9.76. The molecule has 1 aromatic carbocycles. The van der Waals surface area contributed by atoms with Gasteiger partial charge in [-0.1, -0.05) is 30.3 Å². The zero-order valence-corrected chi connectivity index (χ0v) is 20.5. The zero-order chi connectivity index (χ0) is 24.2. The van der Waals surface area contributed by atoms with Gasteiger partial charge in [0.1, 0.15) is 4.88 Å². The van der Waals surface area contributed by atoms with Gasteiger partial charge in [-0.2, -0.15) is 0 Å². The van der Waals surface area contributed by atoms with Gasteiger partial charge >= 0.3 is 5.97 Å². The molecule has 8 nitrogen and oxygen atoms in total. The lowest BCUT2D eigenvalue weighted by molar-refractivity contribution is -0.920. The Hall–Kier alpha value is -2.75. The molecule has 0 atom stereocenters. The van der Waals surface area contributed by atoms with Gasteiger partial charge in [0.25, 0.3) is 11.8 Å². The molecule has 2 aliphatic heterocycles. The van der Waals surface area contributed by atoms with E-state index in [0.29, 0.717) is 21.6 Å². The van der Waals surface area contributed by atoms with Crippen LogP contribution in [0, 0.1) is 12.3 Å². The van der Waals surface area contributed by atoms with Crippen molar-refractivity contribution in [2.75, 3.05) is 51.8 Å². The van der Waals surface area contributed by atoms with Gasteiger partial charge in [0.05, 0.1) is 39.1 Å². The van der Waals surface area contributed by atoms with Gasteiger partial charge < -0.3 is 24.6 Å². The quantitative estimate of drug-likeness (QED) is 0.442. The summed E-state index contributed by atoms with van der Waals surface area (Å²) < 4.78 is 10.7. The first-order valence-electron chi connectivity index (χ1n) is 11.5. The van der Waals surface area contributed by atoms with Crippen LogP contribution in [-0.4, -0.2) is 68.8 Å². The van der Waals surface area contributed by atoms with E-state index in [0.717, 1.165) is 50.3 Å². The summed E-state index contributed by atoms with van der Waals surface area (Å²) in [5, 5.41) is 7.76. The topological polar surface area (TPSA) is 93.7 Å². The Morgan fingerprint density at radius 1 is 1.09 bits per heavy atom. The van der Waals surface area contributed by atoms with Crippen molar-refractivity contribution in [3.63, 3.8) is 0 Å². The Bertz CT molecular complexity index is 1040. The van der Waals surface area contributed by atoms with Crippen molar-refractivity contribution < 1.29 is 28.3 Å². The van der Waals surface area contributed by atoms with E-state index < -0.39 is 5.97 Å². The van der Waals surface area contributed by atoms with Gasteiger partial charge in [0.15, 0.2) is 13.1 Å². The molecule has 9 heteroatoms. The first-order chi connectivity index (χ1) is 16.3. The lowest BCUT2D eigenvalue weighted by Gasteiger charge is -2.51. The number of piperidine rings is 1. The van der Waals surface area contributed by atoms with E-state index in [-0.39, 0.29) is 30.3 Å². The fourth-order valence-corrected chi connectivity index (χ4v) is 5.64. The van der Waals surface area contributed by atoms with Gasteiger partial charge in [-0.05, 0) is 23.4 Å². The van der Waals surface area contributed by atoms with Gasteiger partial charge in [-0.3, -0.25) is 9.59 Å². The van der Waals surface area contributed by atoms with Crippen LogP contribution in [-0.2, 0) is 25.6 Å². The van der Waals surface area contributed by atoms with Crippen LogP contribution in [0.1, 0.15) is 33.6 Å². The standard InChI is InChI=1S/C25H31N3O5S/c1-18-15-34-23(24(31)32-2)22(18)27-21(30)14-28(10-8-25(9-11-28)16-33-17-25)13-20(29)26-12-19-6-4-3-5-7-19/h3-7,15H,8-14,16-17H2,1-2H3,(H-,26,27,29,30,31)/p+1. The highest BCUT2D eigenvalue weighted by Crippen LogP contribution is 2.40. The molecule has 1 aromatic heterocycles. The highest BCUT2D eigenvalue weighted by atomic mass is 32.1. The smallest absolute Gasteiger partial charge is 0.350 e. The van der Waals surface area contributed by atoms with E-state index in [1.54, 1.807) is 0 Å². The fraction of sp³-hybridized carbons (Fsp3) is 0.480. The number of esters is 1. The molecule has 34 heavy (non-hydrogen) atoms. The maximum absolute atomic E-state index is 13.2. The van der Waals surface area contributed by atoms with Crippen LogP contribution in [0.3, 0.4) is 0 Å². The number of quaternary nitrogens is 1. The summed E-state index contributed by atoms with van der Waals surface area (Å²) in [6.45, 7) is 5.71. The molecule has 2 aromatic rings. The van der Waals surface area contributed by atoms with Crippen LogP contribution >= 0.6 is 11.3 Å². The largest absolute Gasteiger partial charge is 0.465 e. The average Bonchev–Trinajstić information content (AvgIpc) is 3.17. The summed E-state index contributed by atoms with van der Waals surface area (Å²) in [7, 11) is 1.32. The Morgan fingerprint density at radius 3 is 2.38 bits per heavy atom. The number of nitrogens with zero attached hydrogens (tertiary/aromatic N) is 1. The number of aryl methyl sites for hydroxylation is 1. The second kappa shape index (κ2) is 10.2. The molecule has 4 rings (SSSR count). The molecule has 3 heterocycles. The Balaban J connectivity index is 1.44. The van der Waals surface area contributed by atoms with Gasteiger partial charge in [0, 0.05) is 24.8 Å². The molecule has 0 unspecified atom stereocenters. The SMILES string of the molecule is COC(=O)c1scc(C)c1NC(=O)C[N+]1(CC(=O)NCc2ccccc2)CCC2(CC1)COC2. The maximum Gasteiger partial charge on any atom is 0.350 e. The van der Waals surface area contributed by atoms with Crippen LogP contribution in [0.2, 0.25) is 0 Å². The second-order valence-electron chi connectivity index (χ2n) is 9.52. The fourth-order valence-electron chi connectivity index (χ4n) is 4.72. The molecule has 2 fully saturated rings. The molecule has 0 saturated carbocycles. The number of rotatable bonds is 8. The number of amides is 2. The summed E-state index contributed by atoms with van der Waals surface area (Å²) in [6.07, 6.45) is 1.86. The molecule has 0 aliphatic carbocycles. The highest BCUT2D eigenvalue weighted by Gasteiger charge is 2.48. The molecule has 2 saturated heterocycles. The third-order valence-electron chi connectivity index (χ3n) is 6.95. The Morgan fingerprint density at radius 2 is 1.76 bits per heavy atom. The van der Waals surface area contributed by atoms with Gasteiger partial charge in [-0.15, -0.1) is 11.3 Å². The summed E-state index contributed by atoms with van der Waals surface area (Å²) in [5.41, 5.74) is 2.54. The maximum atomic E-state index is 13.2. The molecule has 0 bridgehead atoms. The predicted molar refractivity (Wildman–Crippen MR) is 130 cm³/mol. The van der Waals surface area contributed by atoms with Crippen molar-refractivity contribution in [1.82, 2.24) is 5.32 Å². The molecule has 2 N–H and O–H groups in total. The number of thiophene rings is 1. The van der Waals surface area contributed by atoms with Crippen molar-refractivity contribution in [2.45, 2.75) is 26.3 Å². The minimum atomic E-state index is -0.470. The second-order valence-corrected chi connectivity index (χ2v) is 10.4. The molecular weight excluding hydrogens is 454 g/mol. The summed E-state index contributed by atoms with van der Waals surface area (Å²) in [5.74, 6) is -0.745. The van der Waals surface area contributed by atoms with E-state index in [1.165, 1.54) is 18.4 Å². The monoisotopic (exact) mass is 486 g/mol. The van der Waals surface area contributed by atoms with E-state index in [1.807, 2.05) is 42.6 Å². The van der Waals surface area contributed by atoms with Crippen LogP contribution in [0.4, 0.5) is 5.69 Å². The van der Waals surface area contributed by atoms with E-state index in [2.05, 4.69) is 10.6 Å². The van der Waals surface area contributed by atoms with E-state index >= 15 is 0 Å². The predicted octanol–water partition coefficient (Wildman–Crippen LogP) is 2.73. The number of carbonyl (C=O) groups is 3. The van der Waals surface area contributed by atoms with Gasteiger partial charge in [0.2, 0.25) is 0 Å². The normalized spacial score (nSPS) is 18.1. The minimum Gasteiger partial charge on any atom is -0.465 e. The number of benzene rings is 1. The number of hydrogen-bond acceptors (Lipinski definition) is 6. The summed E-state index contributed by atoms with van der Waals surface area (Å²) in [4.78, 5) is 38.6. The van der Waals surface area contributed by atoms with E-state index in [9.17, 15) is 14.4 Å². The first kappa shape index (κ1) is 24.4. The molecule has 1 spiro atoms. The third kappa shape index (κ3) is 5.48. The lowest BCUT2D eigenvalue weighted by Crippen LogP contribution is -2.64. The number of methoxy groups -OCH3 is 1. The van der Waals surface area contributed by atoms with Crippen LogP contribution in [0.15, 0.2) is 35.7 Å². The van der Waals surface area contributed by atoms with Crippen molar-refractivity contribution in [3.8, 4) is 0 Å². The summed E-state index contributed by atoms with van der Waals surface area (Å²) in [6, 6.07) is 9.78. The Labute approximate surface area is 203 Å². The molecular formula is C25H32N3O5S+. The number of ether oxygens (including phenoxy) is 2. The molecule has 0 radical (unpaired) electrons. The number of likely N-dealkylation sites (tertiary alicyclic amines) is 1. The van der Waals surface area contributed by atoms with E-state index in [4.69, 9.17) is 9.47 Å². The molecule has 2 amide bonds. The van der Waals surface area contributed by atoms with Crippen molar-refractivity contribution in [2.24, 2.45) is 5.41 Å². The number of nitrogens with one attached hydrogen (secondary N) is 2. The zero-order valence-electron chi connectivity index (χ0n) is 19.7. The Kier molecular flexibility index (Phi) is 7.35. The highest BCUT2D eigenvalue weighted by molar-refractivity contribution is 7.12. The summed E-state index contributed by atoms with van der Waals surface area (Å²) >= 11 is 1.25. The van der Waals surface area contributed by atoms with Crippen LogP contribution < -0.4 is 10.6 Å². The first-order valence-corrected chi connectivity index (χ1v) is 12.4. The van der Waals surface area contributed by atoms with Crippen molar-refractivity contribution >= 4 is 34.8 Å². The minimum absolute atomic E-state index is 0.0700.